The Morgan fingerprint density at radius 2 is 1.63 bits per heavy atom. The van der Waals surface area contributed by atoms with E-state index < -0.39 is 6.17 Å². The van der Waals surface area contributed by atoms with Crippen LogP contribution in [0.25, 0.3) is 0 Å². The molecule has 0 spiro atoms. The number of para-hydroxylation sites is 1. The van der Waals surface area contributed by atoms with E-state index in [1.165, 1.54) is 6.21 Å². The van der Waals surface area contributed by atoms with E-state index in [9.17, 15) is 8.78 Å². The molecule has 1 aliphatic rings. The van der Waals surface area contributed by atoms with Crippen LogP contribution in [0, 0.1) is 0 Å². The first-order valence-electron chi connectivity index (χ1n) is 6.66. The van der Waals surface area contributed by atoms with Crippen molar-refractivity contribution in [2.45, 2.75) is 45.7 Å². The molecule has 1 aromatic rings. The molecule has 4 heteroatoms. The standard InChI is InChI=1S/C15H20F2N2/c1-10(2)12-6-5-7-13(11(3)4)14(12)19-9-8-18-15(19,16)17/h5-8,10-11H,9H2,1-4H3. The lowest BCUT2D eigenvalue weighted by molar-refractivity contribution is 0.0181. The first kappa shape index (κ1) is 14.0. The number of alkyl halides is 2. The highest BCUT2D eigenvalue weighted by molar-refractivity contribution is 5.74. The summed E-state index contributed by atoms with van der Waals surface area (Å²) in [5.41, 5.74) is 2.56. The van der Waals surface area contributed by atoms with Crippen molar-refractivity contribution < 1.29 is 8.78 Å². The van der Waals surface area contributed by atoms with Gasteiger partial charge in [0.1, 0.15) is 0 Å². The van der Waals surface area contributed by atoms with E-state index in [1.54, 1.807) is 0 Å². The highest BCUT2D eigenvalue weighted by Crippen LogP contribution is 2.40. The van der Waals surface area contributed by atoms with Crippen LogP contribution in [-0.2, 0) is 0 Å². The zero-order chi connectivity index (χ0) is 14.2. The topological polar surface area (TPSA) is 15.6 Å². The Balaban J connectivity index is 2.59. The normalized spacial score (nSPS) is 17.8. The van der Waals surface area contributed by atoms with E-state index in [-0.39, 0.29) is 18.4 Å². The van der Waals surface area contributed by atoms with E-state index >= 15 is 0 Å². The van der Waals surface area contributed by atoms with Gasteiger partial charge in [-0.1, -0.05) is 45.9 Å². The van der Waals surface area contributed by atoms with Gasteiger partial charge in [-0.2, -0.15) is 8.78 Å². The minimum atomic E-state index is -3.13. The Morgan fingerprint density at radius 1 is 1.11 bits per heavy atom. The molecule has 1 heterocycles. The third-order valence-corrected chi connectivity index (χ3v) is 3.45. The van der Waals surface area contributed by atoms with Crippen molar-refractivity contribution in [1.29, 1.82) is 0 Å². The fraction of sp³-hybridized carbons (Fsp3) is 0.533. The van der Waals surface area contributed by atoms with Gasteiger partial charge in [0.25, 0.3) is 0 Å². The molecule has 1 aromatic carbocycles. The number of hydrogen-bond donors (Lipinski definition) is 0. The molecule has 0 radical (unpaired) electrons. The second-order valence-corrected chi connectivity index (χ2v) is 5.53. The Labute approximate surface area is 113 Å². The fourth-order valence-electron chi connectivity index (χ4n) is 2.46. The highest BCUT2D eigenvalue weighted by Gasteiger charge is 2.41. The minimum Gasteiger partial charge on any atom is -0.287 e. The van der Waals surface area contributed by atoms with Crippen molar-refractivity contribution >= 4 is 11.9 Å². The predicted molar refractivity (Wildman–Crippen MR) is 75.4 cm³/mol. The summed E-state index contributed by atoms with van der Waals surface area (Å²) in [6, 6.07) is 5.81. The van der Waals surface area contributed by atoms with Crippen molar-refractivity contribution in [3.05, 3.63) is 29.3 Å². The van der Waals surface area contributed by atoms with Crippen LogP contribution in [0.3, 0.4) is 0 Å². The van der Waals surface area contributed by atoms with Gasteiger partial charge in [0.05, 0.1) is 12.2 Å². The van der Waals surface area contributed by atoms with E-state index in [4.69, 9.17) is 0 Å². The van der Waals surface area contributed by atoms with Crippen LogP contribution in [0.15, 0.2) is 23.2 Å². The fourth-order valence-corrected chi connectivity index (χ4v) is 2.46. The van der Waals surface area contributed by atoms with Gasteiger partial charge in [-0.15, -0.1) is 0 Å². The Hall–Kier alpha value is -1.45. The average Bonchev–Trinajstić information content (AvgIpc) is 2.67. The molecule has 2 nitrogen and oxygen atoms in total. The summed E-state index contributed by atoms with van der Waals surface area (Å²) in [6.07, 6.45) is -1.84. The van der Waals surface area contributed by atoms with Gasteiger partial charge in [-0.05, 0) is 23.0 Å². The minimum absolute atomic E-state index is 0.163. The first-order chi connectivity index (χ1) is 8.84. The molecule has 104 valence electrons. The maximum Gasteiger partial charge on any atom is 0.431 e. The number of hydrogen-bond acceptors (Lipinski definition) is 2. The number of halogens is 2. The number of rotatable bonds is 3. The van der Waals surface area contributed by atoms with Crippen LogP contribution < -0.4 is 4.90 Å². The molecule has 0 amide bonds. The van der Waals surface area contributed by atoms with Gasteiger partial charge in [-0.25, -0.2) is 4.99 Å². The molecule has 0 saturated heterocycles. The lowest BCUT2D eigenvalue weighted by atomic mass is 9.92. The van der Waals surface area contributed by atoms with Crippen LogP contribution >= 0.6 is 0 Å². The molecule has 19 heavy (non-hydrogen) atoms. The second kappa shape index (κ2) is 4.91. The summed E-state index contributed by atoms with van der Waals surface area (Å²) in [4.78, 5) is 4.40. The summed E-state index contributed by atoms with van der Waals surface area (Å²) >= 11 is 0. The number of nitrogens with zero attached hydrogens (tertiary/aromatic N) is 2. The Kier molecular flexibility index (Phi) is 3.61. The molecule has 0 aliphatic carbocycles. The maximum atomic E-state index is 13.9. The van der Waals surface area contributed by atoms with Crippen molar-refractivity contribution in [1.82, 2.24) is 0 Å². The second-order valence-electron chi connectivity index (χ2n) is 5.53. The van der Waals surface area contributed by atoms with Crippen molar-refractivity contribution in [2.75, 3.05) is 11.4 Å². The first-order valence-corrected chi connectivity index (χ1v) is 6.66. The Morgan fingerprint density at radius 3 is 2.00 bits per heavy atom. The average molecular weight is 266 g/mol. The summed E-state index contributed by atoms with van der Waals surface area (Å²) in [7, 11) is 0. The number of anilines is 1. The molecule has 0 N–H and O–H groups in total. The zero-order valence-electron chi connectivity index (χ0n) is 11.8. The van der Waals surface area contributed by atoms with Gasteiger partial charge in [0.15, 0.2) is 0 Å². The van der Waals surface area contributed by atoms with Crippen molar-refractivity contribution in [3.8, 4) is 0 Å². The van der Waals surface area contributed by atoms with Crippen LogP contribution in [0.2, 0.25) is 0 Å². The van der Waals surface area contributed by atoms with Crippen LogP contribution in [0.5, 0.6) is 0 Å². The molecular weight excluding hydrogens is 246 g/mol. The third-order valence-electron chi connectivity index (χ3n) is 3.45. The van der Waals surface area contributed by atoms with Crippen LogP contribution in [0.1, 0.15) is 50.7 Å². The van der Waals surface area contributed by atoms with Crippen LogP contribution in [-0.4, -0.2) is 18.9 Å². The number of benzene rings is 1. The van der Waals surface area contributed by atoms with Crippen molar-refractivity contribution in [3.63, 3.8) is 0 Å². The van der Waals surface area contributed by atoms with E-state index in [0.29, 0.717) is 5.69 Å². The molecule has 0 bridgehead atoms. The Bertz CT molecular complexity index is 467. The maximum absolute atomic E-state index is 13.9. The van der Waals surface area contributed by atoms with E-state index in [2.05, 4.69) is 4.99 Å². The summed E-state index contributed by atoms with van der Waals surface area (Å²) in [5.74, 6) is 0.398. The number of aliphatic imine (C=N–C) groups is 1. The molecule has 0 saturated carbocycles. The monoisotopic (exact) mass is 266 g/mol. The molecule has 1 aliphatic heterocycles. The lowest BCUT2D eigenvalue weighted by Gasteiger charge is -2.30. The molecule has 0 aromatic heterocycles. The van der Waals surface area contributed by atoms with Gasteiger partial charge in [0, 0.05) is 6.21 Å². The third kappa shape index (κ3) is 2.48. The van der Waals surface area contributed by atoms with Gasteiger partial charge >= 0.3 is 6.17 Å². The summed E-state index contributed by atoms with van der Waals surface area (Å²) < 4.78 is 27.8. The molecule has 0 unspecified atom stereocenters. The summed E-state index contributed by atoms with van der Waals surface area (Å²) in [5, 5.41) is 0. The van der Waals surface area contributed by atoms with Gasteiger partial charge < -0.3 is 0 Å². The molecule has 0 fully saturated rings. The van der Waals surface area contributed by atoms with Gasteiger partial charge in [0.2, 0.25) is 0 Å². The highest BCUT2D eigenvalue weighted by atomic mass is 19.3. The molecule has 0 atom stereocenters. The van der Waals surface area contributed by atoms with E-state index in [0.717, 1.165) is 16.0 Å². The smallest absolute Gasteiger partial charge is 0.287 e. The zero-order valence-corrected chi connectivity index (χ0v) is 11.8. The van der Waals surface area contributed by atoms with Crippen molar-refractivity contribution in [2.24, 2.45) is 4.99 Å². The summed E-state index contributed by atoms with van der Waals surface area (Å²) in [6.45, 7) is 8.27. The molecule has 2 rings (SSSR count). The van der Waals surface area contributed by atoms with E-state index in [1.807, 2.05) is 45.9 Å². The largest absolute Gasteiger partial charge is 0.431 e. The van der Waals surface area contributed by atoms with Gasteiger partial charge in [-0.3, -0.25) is 4.90 Å². The quantitative estimate of drug-likeness (QED) is 0.741. The SMILES string of the molecule is CC(C)c1cccc(C(C)C)c1N1CC=NC1(F)F. The molecular formula is C15H20F2N2. The van der Waals surface area contributed by atoms with Crippen LogP contribution in [0.4, 0.5) is 14.5 Å². The predicted octanol–water partition coefficient (Wildman–Crippen LogP) is 4.37. The lowest BCUT2D eigenvalue weighted by Crippen LogP contribution is -2.37.